The molecule has 1 heterocycles. The molecule has 0 bridgehead atoms. The van der Waals surface area contributed by atoms with Gasteiger partial charge < -0.3 is 0 Å². The number of halogens is 20. The Bertz CT molecular complexity index is 2450. The summed E-state index contributed by atoms with van der Waals surface area (Å²) in [5.41, 5.74) is -5.98. The van der Waals surface area contributed by atoms with Gasteiger partial charge in [-0.15, -0.1) is 21.9 Å². The molecule has 0 aliphatic rings. The molecule has 0 N–H and O–H groups in total. The molecular weight excluding hydrogens is 897 g/mol. The van der Waals surface area contributed by atoms with Gasteiger partial charge in [0.15, 0.2) is 87.7 Å². The van der Waals surface area contributed by atoms with Gasteiger partial charge in [-0.2, -0.15) is 4.57 Å². The first kappa shape index (κ1) is 48.0. The number of pyridine rings is 1. The maximum atomic E-state index is 15.4. The Hall–Kier alpha value is -6.09. The average molecular weight is 919 g/mol. The summed E-state index contributed by atoms with van der Waals surface area (Å²) in [6.07, 6.45) is -7.22. The van der Waals surface area contributed by atoms with Crippen molar-refractivity contribution in [2.24, 2.45) is 0 Å². The second-order valence-electron chi connectivity index (χ2n) is 13.9. The number of rotatable bonds is 6. The first-order chi connectivity index (χ1) is 29.2. The van der Waals surface area contributed by atoms with Crippen molar-refractivity contribution in [2.45, 2.75) is 41.2 Å². The fourth-order valence-electron chi connectivity index (χ4n) is 7.36. The number of aromatic nitrogens is 1. The SMILES string of the molecule is Cc1c(C)c(C)[n+](Cc2ccccc2)c(C)c1C.Fc1c(F)c(F)c([B-](c2c(F)c(F)c(F)c(F)c2F)(c2c(F)c(F)c(F)c(F)c2F)c2c(F)c(F)c(F)c(F)c2F)c(F)c1F. The highest BCUT2D eigenvalue weighted by Gasteiger charge is 2.52. The zero-order valence-electron chi connectivity index (χ0n) is 32.2. The van der Waals surface area contributed by atoms with Crippen LogP contribution in [0.2, 0.25) is 0 Å². The number of hydrogen-bond donors (Lipinski definition) is 0. The van der Waals surface area contributed by atoms with E-state index in [9.17, 15) is 52.7 Å². The molecule has 0 aliphatic carbocycles. The van der Waals surface area contributed by atoms with Gasteiger partial charge in [0, 0.05) is 30.5 Å². The summed E-state index contributed by atoms with van der Waals surface area (Å²) < 4.78 is 296. The van der Waals surface area contributed by atoms with Gasteiger partial charge >= 0.3 is 0 Å². The molecule has 0 amide bonds. The second-order valence-corrected chi connectivity index (χ2v) is 13.9. The number of benzene rings is 5. The van der Waals surface area contributed by atoms with Crippen LogP contribution in [0.5, 0.6) is 0 Å². The maximum absolute atomic E-state index is 15.4. The van der Waals surface area contributed by atoms with E-state index in [0.29, 0.717) is 0 Å². The van der Waals surface area contributed by atoms with Crippen LogP contribution in [0.25, 0.3) is 0 Å². The van der Waals surface area contributed by atoms with Crippen molar-refractivity contribution in [3.8, 4) is 0 Å². The monoisotopic (exact) mass is 919 g/mol. The summed E-state index contributed by atoms with van der Waals surface area (Å²) in [5, 5.41) is 0. The molecule has 0 aliphatic heterocycles. The highest BCUT2D eigenvalue weighted by molar-refractivity contribution is 7.20. The molecule has 0 saturated heterocycles. The third-order valence-electron chi connectivity index (χ3n) is 10.9. The molecule has 0 fully saturated rings. The van der Waals surface area contributed by atoms with Crippen molar-refractivity contribution in [1.29, 1.82) is 0 Å². The van der Waals surface area contributed by atoms with Crippen molar-refractivity contribution in [3.63, 3.8) is 0 Å². The molecule has 1 aromatic heterocycles. The predicted molar refractivity (Wildman–Crippen MR) is 185 cm³/mol. The topological polar surface area (TPSA) is 3.88 Å². The Kier molecular flexibility index (Phi) is 13.1. The summed E-state index contributed by atoms with van der Waals surface area (Å²) in [4.78, 5) is 0. The third-order valence-corrected chi connectivity index (χ3v) is 10.9. The lowest BCUT2D eigenvalue weighted by Gasteiger charge is -2.44. The third kappa shape index (κ3) is 7.23. The average Bonchev–Trinajstić information content (AvgIpc) is 3.26. The van der Waals surface area contributed by atoms with Crippen LogP contribution in [0.1, 0.15) is 33.6 Å². The molecule has 22 heteroatoms. The van der Waals surface area contributed by atoms with Crippen LogP contribution in [0, 0.1) is 151 Å². The summed E-state index contributed by atoms with van der Waals surface area (Å²) in [7, 11) is 0. The minimum atomic E-state index is -7.22. The summed E-state index contributed by atoms with van der Waals surface area (Å²) in [6, 6.07) is 10.7. The van der Waals surface area contributed by atoms with Crippen molar-refractivity contribution < 1.29 is 92.4 Å². The molecule has 0 spiro atoms. The molecule has 0 atom stereocenters. The first-order valence-electron chi connectivity index (χ1n) is 17.5. The van der Waals surface area contributed by atoms with Crippen LogP contribution in [0.15, 0.2) is 30.3 Å². The fraction of sp³-hybridized carbons (Fsp3) is 0.146. The Morgan fingerprint density at radius 2 is 0.508 bits per heavy atom. The van der Waals surface area contributed by atoms with Gasteiger partial charge in [-0.05, 0) is 26.3 Å². The molecule has 0 saturated carbocycles. The lowest BCUT2D eigenvalue weighted by atomic mass is 9.12. The van der Waals surface area contributed by atoms with Gasteiger partial charge in [0.05, 0.1) is 0 Å². The van der Waals surface area contributed by atoms with E-state index in [1.807, 2.05) is 0 Å². The maximum Gasteiger partial charge on any atom is 0.200 e. The Labute approximate surface area is 341 Å². The number of hydrogen-bond acceptors (Lipinski definition) is 0. The second kappa shape index (κ2) is 17.2. The summed E-state index contributed by atoms with van der Waals surface area (Å²) in [5.74, 6) is -71.4. The highest BCUT2D eigenvalue weighted by atomic mass is 19.2. The van der Waals surface area contributed by atoms with Crippen molar-refractivity contribution in [2.75, 3.05) is 0 Å². The molecule has 0 radical (unpaired) electrons. The number of nitrogens with zero attached hydrogens (tertiary/aromatic N) is 1. The minimum absolute atomic E-state index is 0.959. The van der Waals surface area contributed by atoms with Gasteiger partial charge in [0.1, 0.15) is 52.7 Å². The fourth-order valence-corrected chi connectivity index (χ4v) is 7.36. The smallest absolute Gasteiger partial charge is 0.200 e. The lowest BCUT2D eigenvalue weighted by Crippen LogP contribution is -2.81. The standard InChI is InChI=1S/C24BF20.C17H22N/c26-5-1(6(27)14(35)21(42)13(5)34)25(2-7(28)15(36)22(43)16(37)8(2)29,3-9(30)17(38)23(44)18(39)10(3)31)4-11(32)19(40)24(45)20(41)12(4)33;1-12-13(2)15(4)18(16(5)14(12)3)11-17-9-7-6-8-10-17/h;6-10H,11H2,1-5H3/q-1;+1. The molecule has 63 heavy (non-hydrogen) atoms. The van der Waals surface area contributed by atoms with E-state index in [1.165, 1.54) is 33.6 Å². The highest BCUT2D eigenvalue weighted by Crippen LogP contribution is 2.31. The predicted octanol–water partition coefficient (Wildman–Crippen LogP) is 9.41. The van der Waals surface area contributed by atoms with E-state index < -0.39 is 144 Å². The van der Waals surface area contributed by atoms with Crippen LogP contribution < -0.4 is 26.4 Å². The van der Waals surface area contributed by atoms with E-state index in [-0.39, 0.29) is 0 Å². The van der Waals surface area contributed by atoms with Crippen LogP contribution in [0.3, 0.4) is 0 Å². The van der Waals surface area contributed by atoms with E-state index in [2.05, 4.69) is 69.5 Å². The lowest BCUT2D eigenvalue weighted by molar-refractivity contribution is -0.700. The quantitative estimate of drug-likeness (QED) is 0.0516. The van der Waals surface area contributed by atoms with Gasteiger partial charge in [-0.25, -0.2) is 87.8 Å². The molecule has 5 aromatic carbocycles. The molecule has 6 rings (SSSR count). The zero-order valence-corrected chi connectivity index (χ0v) is 32.2. The van der Waals surface area contributed by atoms with E-state index in [1.54, 1.807) is 0 Å². The molecule has 1 nitrogen and oxygen atoms in total. The first-order valence-corrected chi connectivity index (χ1v) is 17.5. The van der Waals surface area contributed by atoms with Crippen LogP contribution in [-0.4, -0.2) is 6.15 Å². The van der Waals surface area contributed by atoms with Crippen LogP contribution >= 0.6 is 0 Å². The summed E-state index contributed by atoms with van der Waals surface area (Å²) >= 11 is 0. The van der Waals surface area contributed by atoms with E-state index in [0.717, 1.165) is 6.54 Å². The Balaban J connectivity index is 0.000000345. The van der Waals surface area contributed by atoms with Crippen LogP contribution in [0.4, 0.5) is 87.8 Å². The van der Waals surface area contributed by atoms with Gasteiger partial charge in [-0.1, -0.05) is 30.3 Å². The van der Waals surface area contributed by atoms with E-state index in [4.69, 9.17) is 0 Å². The Morgan fingerprint density at radius 1 is 0.302 bits per heavy atom. The molecule has 6 aromatic rings. The van der Waals surface area contributed by atoms with Gasteiger partial charge in [0.2, 0.25) is 0 Å². The molecular formula is C41H22BF20N. The van der Waals surface area contributed by atoms with Gasteiger partial charge in [0.25, 0.3) is 0 Å². The normalized spacial score (nSPS) is 11.6. The van der Waals surface area contributed by atoms with Crippen molar-refractivity contribution >= 4 is 28.0 Å². The van der Waals surface area contributed by atoms with Crippen molar-refractivity contribution in [3.05, 3.63) is 180 Å². The van der Waals surface area contributed by atoms with Crippen molar-refractivity contribution in [1.82, 2.24) is 0 Å². The zero-order chi connectivity index (χ0) is 47.6. The molecule has 0 unspecified atom stereocenters. The Morgan fingerprint density at radius 3 is 0.730 bits per heavy atom. The van der Waals surface area contributed by atoms with Crippen LogP contribution in [-0.2, 0) is 6.54 Å². The van der Waals surface area contributed by atoms with E-state index >= 15 is 35.1 Å². The minimum Gasteiger partial charge on any atom is -0.207 e. The summed E-state index contributed by atoms with van der Waals surface area (Å²) in [6.45, 7) is 12.1. The largest absolute Gasteiger partial charge is 0.207 e. The molecule has 334 valence electrons. The van der Waals surface area contributed by atoms with Gasteiger partial charge in [-0.3, -0.25) is 0 Å².